The third-order valence-corrected chi connectivity index (χ3v) is 2.87. The highest BCUT2D eigenvalue weighted by Gasteiger charge is 1.97. The van der Waals surface area contributed by atoms with Gasteiger partial charge in [-0.1, -0.05) is 42.5 Å². The Morgan fingerprint density at radius 1 is 1.00 bits per heavy atom. The van der Waals surface area contributed by atoms with Crippen LogP contribution in [0.1, 0.15) is 12.5 Å². The smallest absolute Gasteiger partial charge is 0.128 e. The van der Waals surface area contributed by atoms with Crippen LogP contribution in [0.3, 0.4) is 0 Å². The zero-order valence-electron chi connectivity index (χ0n) is 11.3. The van der Waals surface area contributed by atoms with Gasteiger partial charge in [0.05, 0.1) is 0 Å². The molecule has 0 saturated heterocycles. The second-order valence-electron chi connectivity index (χ2n) is 4.42. The van der Waals surface area contributed by atoms with Crippen molar-refractivity contribution in [3.63, 3.8) is 0 Å². The summed E-state index contributed by atoms with van der Waals surface area (Å²) in [6.07, 6.45) is 4.22. The van der Waals surface area contributed by atoms with Crippen LogP contribution in [0.2, 0.25) is 0 Å². The largest absolute Gasteiger partial charge is 0.457 e. The van der Waals surface area contributed by atoms with Gasteiger partial charge in [-0.25, -0.2) is 0 Å². The maximum absolute atomic E-state index is 5.80. The van der Waals surface area contributed by atoms with Crippen LogP contribution in [-0.2, 0) is 0 Å². The molecular weight excluding hydrogens is 234 g/mol. The number of ether oxygens (including phenoxy) is 1. The Balaban J connectivity index is 2.09. The molecule has 2 rings (SSSR count). The Bertz CT molecular complexity index is 534. The molecule has 0 radical (unpaired) electrons. The van der Waals surface area contributed by atoms with Crippen LogP contribution in [0.15, 0.2) is 60.7 Å². The summed E-state index contributed by atoms with van der Waals surface area (Å²) in [5, 5.41) is 3.17. The molecule has 2 aromatic rings. The minimum absolute atomic E-state index is 0.360. The van der Waals surface area contributed by atoms with Gasteiger partial charge in [0.2, 0.25) is 0 Å². The van der Waals surface area contributed by atoms with Crippen LogP contribution in [0.25, 0.3) is 6.08 Å². The van der Waals surface area contributed by atoms with Crippen molar-refractivity contribution in [3.05, 3.63) is 66.2 Å². The molecule has 2 nitrogen and oxygen atoms in total. The number of rotatable bonds is 5. The minimum atomic E-state index is 0.360. The fourth-order valence-corrected chi connectivity index (χ4v) is 1.66. The van der Waals surface area contributed by atoms with Crippen molar-refractivity contribution in [2.75, 3.05) is 7.05 Å². The van der Waals surface area contributed by atoms with Gasteiger partial charge in [-0.05, 0) is 43.8 Å². The molecule has 2 heteroatoms. The van der Waals surface area contributed by atoms with Crippen LogP contribution in [0.4, 0.5) is 0 Å². The molecule has 1 atom stereocenters. The number of benzene rings is 2. The second kappa shape index (κ2) is 6.76. The average Bonchev–Trinajstić information content (AvgIpc) is 2.46. The summed E-state index contributed by atoms with van der Waals surface area (Å²) in [7, 11) is 1.95. The Morgan fingerprint density at radius 2 is 1.74 bits per heavy atom. The van der Waals surface area contributed by atoms with Gasteiger partial charge in [0.1, 0.15) is 11.5 Å². The molecule has 1 unspecified atom stereocenters. The molecule has 0 saturated carbocycles. The van der Waals surface area contributed by atoms with E-state index in [-0.39, 0.29) is 0 Å². The van der Waals surface area contributed by atoms with E-state index in [1.54, 1.807) is 0 Å². The average molecular weight is 253 g/mol. The van der Waals surface area contributed by atoms with Gasteiger partial charge < -0.3 is 10.1 Å². The first-order chi connectivity index (χ1) is 9.28. The van der Waals surface area contributed by atoms with Crippen molar-refractivity contribution in [1.82, 2.24) is 5.32 Å². The molecule has 0 amide bonds. The van der Waals surface area contributed by atoms with Crippen molar-refractivity contribution < 1.29 is 4.74 Å². The van der Waals surface area contributed by atoms with E-state index < -0.39 is 0 Å². The van der Waals surface area contributed by atoms with Crippen molar-refractivity contribution in [1.29, 1.82) is 0 Å². The van der Waals surface area contributed by atoms with E-state index in [2.05, 4.69) is 30.5 Å². The highest BCUT2D eigenvalue weighted by molar-refractivity contribution is 5.52. The van der Waals surface area contributed by atoms with Gasteiger partial charge in [-0.2, -0.15) is 0 Å². The van der Waals surface area contributed by atoms with Gasteiger partial charge in [0.15, 0.2) is 0 Å². The molecule has 0 spiro atoms. The summed E-state index contributed by atoms with van der Waals surface area (Å²) in [5.41, 5.74) is 1.13. The van der Waals surface area contributed by atoms with Crippen LogP contribution >= 0.6 is 0 Å². The minimum Gasteiger partial charge on any atom is -0.457 e. The quantitative estimate of drug-likeness (QED) is 0.866. The maximum Gasteiger partial charge on any atom is 0.128 e. The van der Waals surface area contributed by atoms with E-state index in [4.69, 9.17) is 4.74 Å². The lowest BCUT2D eigenvalue weighted by molar-refractivity contribution is 0.482. The molecule has 19 heavy (non-hydrogen) atoms. The first-order valence-electron chi connectivity index (χ1n) is 6.46. The number of hydrogen-bond donors (Lipinski definition) is 1. The summed E-state index contributed by atoms with van der Waals surface area (Å²) in [6, 6.07) is 18.2. The van der Waals surface area contributed by atoms with Crippen LogP contribution in [-0.4, -0.2) is 13.1 Å². The molecule has 1 N–H and O–H groups in total. The lowest BCUT2D eigenvalue weighted by Crippen LogP contribution is -2.17. The van der Waals surface area contributed by atoms with E-state index in [9.17, 15) is 0 Å². The molecule has 0 aliphatic heterocycles. The molecule has 0 heterocycles. The van der Waals surface area contributed by atoms with E-state index in [1.807, 2.05) is 55.6 Å². The third kappa shape index (κ3) is 4.27. The topological polar surface area (TPSA) is 21.3 Å². The van der Waals surface area contributed by atoms with Crippen LogP contribution in [0.5, 0.6) is 11.5 Å². The lowest BCUT2D eigenvalue weighted by atomic mass is 10.1. The zero-order valence-corrected chi connectivity index (χ0v) is 11.3. The molecule has 2 aromatic carbocycles. The first-order valence-corrected chi connectivity index (χ1v) is 6.46. The highest BCUT2D eigenvalue weighted by atomic mass is 16.5. The van der Waals surface area contributed by atoms with Crippen molar-refractivity contribution in [2.45, 2.75) is 13.0 Å². The van der Waals surface area contributed by atoms with Gasteiger partial charge in [-0.15, -0.1) is 0 Å². The molecule has 0 aliphatic carbocycles. The fourth-order valence-electron chi connectivity index (χ4n) is 1.66. The first kappa shape index (κ1) is 13.4. The maximum atomic E-state index is 5.80. The Morgan fingerprint density at radius 3 is 2.47 bits per heavy atom. The molecular formula is C17H19NO. The molecule has 0 aromatic heterocycles. The normalized spacial score (nSPS) is 12.5. The molecule has 0 aliphatic rings. The second-order valence-corrected chi connectivity index (χ2v) is 4.42. The van der Waals surface area contributed by atoms with Gasteiger partial charge >= 0.3 is 0 Å². The fraction of sp³-hybridized carbons (Fsp3) is 0.176. The highest BCUT2D eigenvalue weighted by Crippen LogP contribution is 2.22. The predicted octanol–water partition coefficient (Wildman–Crippen LogP) is 4.10. The summed E-state index contributed by atoms with van der Waals surface area (Å²) < 4.78 is 5.80. The lowest BCUT2D eigenvalue weighted by Gasteiger charge is -2.06. The molecule has 0 bridgehead atoms. The van der Waals surface area contributed by atoms with Gasteiger partial charge in [0, 0.05) is 6.04 Å². The number of para-hydroxylation sites is 1. The predicted molar refractivity (Wildman–Crippen MR) is 80.5 cm³/mol. The Kier molecular flexibility index (Phi) is 4.76. The number of hydrogen-bond acceptors (Lipinski definition) is 2. The molecule has 98 valence electrons. The van der Waals surface area contributed by atoms with Crippen molar-refractivity contribution >= 4 is 6.08 Å². The summed E-state index contributed by atoms with van der Waals surface area (Å²) >= 11 is 0. The Hall–Kier alpha value is -2.06. The molecule has 0 fully saturated rings. The van der Waals surface area contributed by atoms with Crippen molar-refractivity contribution in [2.24, 2.45) is 0 Å². The number of likely N-dealkylation sites (N-methyl/N-ethyl adjacent to an activating group) is 1. The van der Waals surface area contributed by atoms with E-state index in [1.165, 1.54) is 0 Å². The standard InChI is InChI=1S/C17H19NO/c1-14(18-2)11-12-15-7-6-10-17(13-15)19-16-8-4-3-5-9-16/h3-14,18H,1-2H3/b12-11+. The Labute approximate surface area is 114 Å². The van der Waals surface area contributed by atoms with E-state index in [0.29, 0.717) is 6.04 Å². The number of nitrogens with one attached hydrogen (secondary N) is 1. The van der Waals surface area contributed by atoms with E-state index in [0.717, 1.165) is 17.1 Å². The SMILES string of the molecule is CNC(C)/C=C/c1cccc(Oc2ccccc2)c1. The van der Waals surface area contributed by atoms with Gasteiger partial charge in [0.25, 0.3) is 0 Å². The summed E-state index contributed by atoms with van der Waals surface area (Å²) in [6.45, 7) is 2.11. The van der Waals surface area contributed by atoms with Crippen LogP contribution in [0, 0.1) is 0 Å². The third-order valence-electron chi connectivity index (χ3n) is 2.87. The summed E-state index contributed by atoms with van der Waals surface area (Å²) in [5.74, 6) is 1.71. The van der Waals surface area contributed by atoms with Gasteiger partial charge in [-0.3, -0.25) is 0 Å². The summed E-state index contributed by atoms with van der Waals surface area (Å²) in [4.78, 5) is 0. The van der Waals surface area contributed by atoms with Crippen LogP contribution < -0.4 is 10.1 Å². The van der Waals surface area contributed by atoms with Crippen molar-refractivity contribution in [3.8, 4) is 11.5 Å². The zero-order chi connectivity index (χ0) is 13.5. The monoisotopic (exact) mass is 253 g/mol. The van der Waals surface area contributed by atoms with E-state index >= 15 is 0 Å².